The number of hydrogen-bond acceptors (Lipinski definition) is 3. The molecule has 4 saturated carbocycles. The van der Waals surface area contributed by atoms with E-state index >= 15 is 0 Å². The molecule has 5 unspecified atom stereocenters. The smallest absolute Gasteiger partial charge is 0.310 e. The topological polar surface area (TPSA) is 77.8 Å². The molecule has 5 aliphatic carbocycles. The molecule has 5 aliphatic rings. The van der Waals surface area contributed by atoms with Crippen molar-refractivity contribution in [2.75, 3.05) is 0 Å². The molecule has 4 nitrogen and oxygen atoms in total. The van der Waals surface area contributed by atoms with Gasteiger partial charge in [0, 0.05) is 0 Å². The number of allylic oxidation sites excluding steroid dienone is 2. The van der Waals surface area contributed by atoms with Gasteiger partial charge in [-0.1, -0.05) is 60.1 Å². The Hall–Kier alpha value is -0.870. The van der Waals surface area contributed by atoms with Crippen LogP contribution in [-0.4, -0.2) is 33.5 Å². The zero-order chi connectivity index (χ0) is 25.1. The van der Waals surface area contributed by atoms with Gasteiger partial charge in [-0.15, -0.1) is 0 Å². The first kappa shape index (κ1) is 24.8. The van der Waals surface area contributed by atoms with E-state index in [1.807, 2.05) is 0 Å². The molecule has 0 aliphatic heterocycles. The SMILES string of the molecule is CC1(C)CC[C@]2(C(=O)O)CC[C@]3(C)C(=CCC4[C@@]5(C)CC(O)C(O)C(C)(C)C5CC[C@]43C)C2C1. The van der Waals surface area contributed by atoms with Crippen molar-refractivity contribution in [2.45, 2.75) is 118 Å². The second-order valence-electron chi connectivity index (χ2n) is 15.2. The monoisotopic (exact) mass is 472 g/mol. The molecule has 0 amide bonds. The Kier molecular flexibility index (Phi) is 5.20. The molecule has 3 N–H and O–H groups in total. The average Bonchev–Trinajstić information content (AvgIpc) is 2.72. The van der Waals surface area contributed by atoms with Crippen LogP contribution in [0.25, 0.3) is 0 Å². The molecule has 9 atom stereocenters. The second kappa shape index (κ2) is 7.12. The van der Waals surface area contributed by atoms with Crippen LogP contribution in [0.15, 0.2) is 11.6 Å². The molecule has 5 rings (SSSR count). The summed E-state index contributed by atoms with van der Waals surface area (Å²) in [4.78, 5) is 12.8. The lowest BCUT2D eigenvalue weighted by molar-refractivity contribution is -0.231. The summed E-state index contributed by atoms with van der Waals surface area (Å²) in [7, 11) is 0. The van der Waals surface area contributed by atoms with E-state index in [-0.39, 0.29) is 33.0 Å². The Morgan fingerprint density at radius 3 is 2.18 bits per heavy atom. The quantitative estimate of drug-likeness (QED) is 0.397. The number of carboxylic acids is 1. The summed E-state index contributed by atoms with van der Waals surface area (Å²) < 4.78 is 0. The minimum Gasteiger partial charge on any atom is -0.481 e. The van der Waals surface area contributed by atoms with Gasteiger partial charge in [0.25, 0.3) is 0 Å². The average molecular weight is 473 g/mol. The predicted molar refractivity (Wildman–Crippen MR) is 134 cm³/mol. The Morgan fingerprint density at radius 2 is 1.53 bits per heavy atom. The maximum atomic E-state index is 12.8. The highest BCUT2D eigenvalue weighted by molar-refractivity contribution is 5.76. The second-order valence-corrected chi connectivity index (χ2v) is 15.2. The largest absolute Gasteiger partial charge is 0.481 e. The number of carboxylic acid groups (broad SMARTS) is 1. The molecular weight excluding hydrogens is 424 g/mol. The van der Waals surface area contributed by atoms with Crippen LogP contribution >= 0.6 is 0 Å². The van der Waals surface area contributed by atoms with Gasteiger partial charge in [0.2, 0.25) is 0 Å². The molecule has 0 saturated heterocycles. The fraction of sp³-hybridized carbons (Fsp3) is 0.900. The van der Waals surface area contributed by atoms with Crippen LogP contribution in [0.2, 0.25) is 0 Å². The molecule has 0 radical (unpaired) electrons. The standard InChI is InChI=1S/C30H48O4/c1-25(2)12-14-30(24(33)34)15-13-28(6)18(19(30)16-25)8-9-22-27(5)17-20(31)23(32)26(3,4)21(27)10-11-29(22,28)7/h8,19-23,31-32H,9-17H2,1-7H3,(H,33,34)/t19?,20?,21?,22?,23?,27-,28+,29+,30-/m0/s1. The van der Waals surface area contributed by atoms with E-state index in [0.717, 1.165) is 51.4 Å². The maximum absolute atomic E-state index is 12.8. The molecule has 0 spiro atoms. The lowest BCUT2D eigenvalue weighted by atomic mass is 9.33. The summed E-state index contributed by atoms with van der Waals surface area (Å²) >= 11 is 0. The number of carbonyl (C=O) groups is 1. The Balaban J connectivity index is 1.61. The van der Waals surface area contributed by atoms with Crippen LogP contribution in [0.3, 0.4) is 0 Å². The first-order chi connectivity index (χ1) is 15.6. The summed E-state index contributed by atoms with van der Waals surface area (Å²) in [6, 6.07) is 0. The van der Waals surface area contributed by atoms with Gasteiger partial charge in [-0.3, -0.25) is 4.79 Å². The Bertz CT molecular complexity index is 919. The first-order valence-electron chi connectivity index (χ1n) is 13.9. The molecular formula is C30H48O4. The van der Waals surface area contributed by atoms with Gasteiger partial charge >= 0.3 is 5.97 Å². The molecule has 0 bridgehead atoms. The van der Waals surface area contributed by atoms with Crippen LogP contribution in [0, 0.1) is 50.2 Å². The molecule has 0 heterocycles. The molecule has 4 heteroatoms. The van der Waals surface area contributed by atoms with Crippen molar-refractivity contribution in [3.05, 3.63) is 11.6 Å². The van der Waals surface area contributed by atoms with Gasteiger partial charge in [-0.05, 0) is 103 Å². The highest BCUT2D eigenvalue weighted by Gasteiger charge is 2.70. The van der Waals surface area contributed by atoms with Gasteiger partial charge in [-0.2, -0.15) is 0 Å². The molecule has 0 aromatic rings. The van der Waals surface area contributed by atoms with E-state index in [2.05, 4.69) is 54.5 Å². The van der Waals surface area contributed by atoms with Gasteiger partial charge in [0.1, 0.15) is 0 Å². The summed E-state index contributed by atoms with van der Waals surface area (Å²) in [5.41, 5.74) is 0.754. The van der Waals surface area contributed by atoms with Crippen molar-refractivity contribution in [3.8, 4) is 0 Å². The molecule has 192 valence electrons. The maximum Gasteiger partial charge on any atom is 0.310 e. The zero-order valence-electron chi connectivity index (χ0n) is 22.6. The summed E-state index contributed by atoms with van der Waals surface area (Å²) in [6.07, 6.45) is 9.45. The zero-order valence-corrected chi connectivity index (χ0v) is 22.6. The van der Waals surface area contributed by atoms with Gasteiger partial charge in [-0.25, -0.2) is 0 Å². The third-order valence-electron chi connectivity index (χ3n) is 13.0. The van der Waals surface area contributed by atoms with E-state index in [0.29, 0.717) is 18.3 Å². The minimum atomic E-state index is -0.679. The highest BCUT2D eigenvalue weighted by Crippen LogP contribution is 2.75. The highest BCUT2D eigenvalue weighted by atomic mass is 16.4. The number of rotatable bonds is 1. The Labute approximate surface area is 206 Å². The number of aliphatic carboxylic acids is 1. The molecule has 0 aromatic carbocycles. The Morgan fingerprint density at radius 1 is 0.882 bits per heavy atom. The predicted octanol–water partition coefficient (Wildman–Crippen LogP) is 6.20. The normalized spacial score (nSPS) is 53.4. The number of aliphatic hydroxyl groups excluding tert-OH is 2. The van der Waals surface area contributed by atoms with Gasteiger partial charge in [0.15, 0.2) is 0 Å². The number of hydrogen-bond donors (Lipinski definition) is 3. The minimum absolute atomic E-state index is 0.00785. The van der Waals surface area contributed by atoms with E-state index in [9.17, 15) is 20.1 Å². The van der Waals surface area contributed by atoms with E-state index < -0.39 is 23.6 Å². The van der Waals surface area contributed by atoms with Gasteiger partial charge in [0.05, 0.1) is 17.6 Å². The summed E-state index contributed by atoms with van der Waals surface area (Å²) in [5.74, 6) is 0.365. The van der Waals surface area contributed by atoms with E-state index in [1.165, 1.54) is 5.57 Å². The first-order valence-corrected chi connectivity index (χ1v) is 13.9. The van der Waals surface area contributed by atoms with Crippen LogP contribution in [0.1, 0.15) is 106 Å². The van der Waals surface area contributed by atoms with E-state index in [1.54, 1.807) is 0 Å². The third-order valence-corrected chi connectivity index (χ3v) is 13.0. The van der Waals surface area contributed by atoms with Gasteiger partial charge < -0.3 is 15.3 Å². The van der Waals surface area contributed by atoms with Crippen molar-refractivity contribution in [1.82, 2.24) is 0 Å². The molecule has 0 aromatic heterocycles. The number of aliphatic hydroxyl groups is 2. The van der Waals surface area contributed by atoms with Crippen molar-refractivity contribution in [2.24, 2.45) is 50.2 Å². The van der Waals surface area contributed by atoms with Crippen molar-refractivity contribution < 1.29 is 20.1 Å². The lowest BCUT2D eigenvalue weighted by Gasteiger charge is -2.71. The molecule has 34 heavy (non-hydrogen) atoms. The summed E-state index contributed by atoms with van der Waals surface area (Å²) in [6.45, 7) is 16.3. The van der Waals surface area contributed by atoms with Crippen LogP contribution in [0.5, 0.6) is 0 Å². The van der Waals surface area contributed by atoms with E-state index in [4.69, 9.17) is 0 Å². The number of fused-ring (bicyclic) bond motifs is 7. The third kappa shape index (κ3) is 2.88. The van der Waals surface area contributed by atoms with Crippen molar-refractivity contribution >= 4 is 5.97 Å². The fourth-order valence-corrected chi connectivity index (χ4v) is 10.8. The van der Waals surface area contributed by atoms with Crippen LogP contribution in [0.4, 0.5) is 0 Å². The molecule has 4 fully saturated rings. The summed E-state index contributed by atoms with van der Waals surface area (Å²) in [5, 5.41) is 32.4. The lowest BCUT2D eigenvalue weighted by Crippen LogP contribution is -2.67. The van der Waals surface area contributed by atoms with Crippen LogP contribution < -0.4 is 0 Å². The van der Waals surface area contributed by atoms with Crippen LogP contribution in [-0.2, 0) is 4.79 Å². The van der Waals surface area contributed by atoms with Crippen molar-refractivity contribution in [3.63, 3.8) is 0 Å². The van der Waals surface area contributed by atoms with Crippen molar-refractivity contribution in [1.29, 1.82) is 0 Å². The fourth-order valence-electron chi connectivity index (χ4n) is 10.8.